The first-order valence-corrected chi connectivity index (χ1v) is 10.6. The maximum atomic E-state index is 14.9. The lowest BCUT2D eigenvalue weighted by Gasteiger charge is -2.27. The normalized spacial score (nSPS) is 14.7. The summed E-state index contributed by atoms with van der Waals surface area (Å²) in [5.41, 5.74) is 1.99. The van der Waals surface area contributed by atoms with Gasteiger partial charge in [0.1, 0.15) is 23.1 Å². The summed E-state index contributed by atoms with van der Waals surface area (Å²) in [7, 11) is 0. The average Bonchev–Trinajstić information content (AvgIpc) is 3.23. The van der Waals surface area contributed by atoms with E-state index in [1.807, 2.05) is 4.90 Å². The van der Waals surface area contributed by atoms with E-state index in [-0.39, 0.29) is 17.9 Å². The van der Waals surface area contributed by atoms with E-state index in [9.17, 15) is 13.2 Å². The Balaban J connectivity index is 1.45. The van der Waals surface area contributed by atoms with Crippen molar-refractivity contribution < 1.29 is 17.9 Å². The molecule has 0 unspecified atom stereocenters. The fourth-order valence-corrected chi connectivity index (χ4v) is 3.90. The number of benzene rings is 2. The lowest BCUT2D eigenvalue weighted by atomic mass is 10.1. The number of nitrogens with zero attached hydrogens (tertiary/aromatic N) is 4. The first-order chi connectivity index (χ1) is 16.0. The zero-order chi connectivity index (χ0) is 22.9. The number of halogens is 3. The van der Waals surface area contributed by atoms with Crippen molar-refractivity contribution in [3.05, 3.63) is 77.4 Å². The molecule has 5 rings (SSSR count). The van der Waals surface area contributed by atoms with Crippen molar-refractivity contribution in [2.24, 2.45) is 0 Å². The van der Waals surface area contributed by atoms with Crippen LogP contribution in [0.25, 0.3) is 16.7 Å². The number of rotatable bonds is 5. The molecule has 2 aromatic heterocycles. The van der Waals surface area contributed by atoms with Crippen molar-refractivity contribution in [3.63, 3.8) is 0 Å². The summed E-state index contributed by atoms with van der Waals surface area (Å²) in [5, 5.41) is 3.76. The predicted octanol–water partition coefficient (Wildman–Crippen LogP) is 4.72. The molecular formula is C24H22F3N5O. The molecule has 0 spiro atoms. The van der Waals surface area contributed by atoms with Gasteiger partial charge in [0.25, 0.3) is 0 Å². The Kier molecular flexibility index (Phi) is 5.74. The predicted molar refractivity (Wildman–Crippen MR) is 119 cm³/mol. The summed E-state index contributed by atoms with van der Waals surface area (Å²) in [4.78, 5) is 10.8. The Labute approximate surface area is 188 Å². The summed E-state index contributed by atoms with van der Waals surface area (Å²) < 4.78 is 50.3. The number of hydrogen-bond donors (Lipinski definition) is 1. The monoisotopic (exact) mass is 453 g/mol. The summed E-state index contributed by atoms with van der Waals surface area (Å²) in [6.45, 7) is 4.27. The highest BCUT2D eigenvalue weighted by molar-refractivity contribution is 5.78. The third kappa shape index (κ3) is 4.42. The van der Waals surface area contributed by atoms with Gasteiger partial charge in [-0.05, 0) is 48.9 Å². The van der Waals surface area contributed by atoms with E-state index in [2.05, 4.69) is 15.3 Å². The van der Waals surface area contributed by atoms with Gasteiger partial charge in [0.15, 0.2) is 0 Å². The number of anilines is 2. The Bertz CT molecular complexity index is 1290. The van der Waals surface area contributed by atoms with E-state index in [1.54, 1.807) is 42.1 Å². The van der Waals surface area contributed by atoms with Crippen LogP contribution in [-0.2, 0) is 11.3 Å². The quantitative estimate of drug-likeness (QED) is 0.474. The van der Waals surface area contributed by atoms with Crippen LogP contribution in [0.3, 0.4) is 0 Å². The van der Waals surface area contributed by atoms with Crippen molar-refractivity contribution in [1.82, 2.24) is 19.4 Å². The number of aryl methyl sites for hydroxylation is 1. The molecule has 0 saturated carbocycles. The topological polar surface area (TPSA) is 55.2 Å². The minimum absolute atomic E-state index is 0.0424. The van der Waals surface area contributed by atoms with Crippen molar-refractivity contribution in [3.8, 4) is 5.69 Å². The lowest BCUT2D eigenvalue weighted by molar-refractivity contribution is 0.0332. The van der Waals surface area contributed by atoms with Crippen LogP contribution in [0.2, 0.25) is 0 Å². The molecule has 1 aliphatic rings. The van der Waals surface area contributed by atoms with Crippen LogP contribution >= 0.6 is 0 Å². The van der Waals surface area contributed by atoms with Gasteiger partial charge in [0.2, 0.25) is 5.95 Å². The second kappa shape index (κ2) is 8.84. The molecule has 33 heavy (non-hydrogen) atoms. The highest BCUT2D eigenvalue weighted by Crippen LogP contribution is 2.25. The SMILES string of the molecule is Cc1cc(Nc2ncc3ccn(-c4cc(F)c(CN5CCOCC5)c(F)c4)c3n2)ccc1F. The van der Waals surface area contributed by atoms with Gasteiger partial charge < -0.3 is 14.6 Å². The average molecular weight is 453 g/mol. The number of morpholine rings is 1. The van der Waals surface area contributed by atoms with E-state index in [1.165, 1.54) is 18.2 Å². The molecule has 6 nitrogen and oxygen atoms in total. The van der Waals surface area contributed by atoms with Gasteiger partial charge in [-0.3, -0.25) is 4.90 Å². The van der Waals surface area contributed by atoms with Crippen LogP contribution in [0.4, 0.5) is 24.8 Å². The van der Waals surface area contributed by atoms with E-state index >= 15 is 0 Å². The molecular weight excluding hydrogens is 431 g/mol. The molecule has 1 saturated heterocycles. The Morgan fingerprint density at radius 3 is 2.48 bits per heavy atom. The molecule has 1 fully saturated rings. The third-order valence-corrected chi connectivity index (χ3v) is 5.73. The number of fused-ring (bicyclic) bond motifs is 1. The van der Waals surface area contributed by atoms with Gasteiger partial charge in [0, 0.05) is 48.7 Å². The molecule has 0 amide bonds. The molecule has 0 atom stereocenters. The smallest absolute Gasteiger partial charge is 0.229 e. The highest BCUT2D eigenvalue weighted by atomic mass is 19.1. The third-order valence-electron chi connectivity index (χ3n) is 5.73. The van der Waals surface area contributed by atoms with Crippen LogP contribution in [0, 0.1) is 24.4 Å². The molecule has 4 aromatic rings. The molecule has 2 aromatic carbocycles. The minimum Gasteiger partial charge on any atom is -0.379 e. The standard InChI is InChI=1S/C24H22F3N5O/c1-15-10-17(2-3-20(15)25)29-24-28-13-16-4-5-32(23(16)30-24)18-11-21(26)19(22(27)12-18)14-31-6-8-33-9-7-31/h2-5,10-13H,6-9,14H2,1H3,(H,28,29,30). The second-order valence-corrected chi connectivity index (χ2v) is 8.02. The van der Waals surface area contributed by atoms with Crippen molar-refractivity contribution in [2.45, 2.75) is 13.5 Å². The van der Waals surface area contributed by atoms with Gasteiger partial charge in [-0.2, -0.15) is 4.98 Å². The number of aromatic nitrogens is 3. The summed E-state index contributed by atoms with van der Waals surface area (Å²) in [6.07, 6.45) is 3.32. The fourth-order valence-electron chi connectivity index (χ4n) is 3.90. The second-order valence-electron chi connectivity index (χ2n) is 8.02. The van der Waals surface area contributed by atoms with Gasteiger partial charge in [-0.1, -0.05) is 0 Å². The first kappa shape index (κ1) is 21.4. The Morgan fingerprint density at radius 2 is 1.76 bits per heavy atom. The van der Waals surface area contributed by atoms with Crippen LogP contribution in [-0.4, -0.2) is 45.7 Å². The molecule has 1 N–H and O–H groups in total. The van der Waals surface area contributed by atoms with E-state index in [0.29, 0.717) is 60.2 Å². The molecule has 9 heteroatoms. The molecule has 0 bridgehead atoms. The lowest BCUT2D eigenvalue weighted by Crippen LogP contribution is -2.36. The molecule has 170 valence electrons. The fraction of sp³-hybridized carbons (Fsp3) is 0.250. The van der Waals surface area contributed by atoms with Crippen LogP contribution in [0.15, 0.2) is 48.8 Å². The summed E-state index contributed by atoms with van der Waals surface area (Å²) in [6, 6.07) is 9.02. The van der Waals surface area contributed by atoms with Crippen LogP contribution in [0.5, 0.6) is 0 Å². The Hall–Kier alpha value is -3.43. The molecule has 0 aliphatic carbocycles. The van der Waals surface area contributed by atoms with Crippen molar-refractivity contribution in [2.75, 3.05) is 31.6 Å². The molecule has 3 heterocycles. The number of ether oxygens (including phenoxy) is 1. The summed E-state index contributed by atoms with van der Waals surface area (Å²) in [5.74, 6) is -1.22. The van der Waals surface area contributed by atoms with Crippen LogP contribution < -0.4 is 5.32 Å². The zero-order valence-electron chi connectivity index (χ0n) is 18.0. The summed E-state index contributed by atoms with van der Waals surface area (Å²) >= 11 is 0. The van der Waals surface area contributed by atoms with Crippen molar-refractivity contribution >= 4 is 22.7 Å². The van der Waals surface area contributed by atoms with E-state index in [0.717, 1.165) is 0 Å². The highest BCUT2D eigenvalue weighted by Gasteiger charge is 2.18. The van der Waals surface area contributed by atoms with Gasteiger partial charge in [-0.25, -0.2) is 18.2 Å². The van der Waals surface area contributed by atoms with E-state index in [4.69, 9.17) is 4.74 Å². The Morgan fingerprint density at radius 1 is 1.00 bits per heavy atom. The maximum Gasteiger partial charge on any atom is 0.229 e. The molecule has 0 radical (unpaired) electrons. The van der Waals surface area contributed by atoms with Crippen molar-refractivity contribution in [1.29, 1.82) is 0 Å². The van der Waals surface area contributed by atoms with Gasteiger partial charge in [0.05, 0.1) is 18.9 Å². The number of hydrogen-bond acceptors (Lipinski definition) is 5. The van der Waals surface area contributed by atoms with Gasteiger partial charge in [-0.15, -0.1) is 0 Å². The van der Waals surface area contributed by atoms with Crippen LogP contribution in [0.1, 0.15) is 11.1 Å². The maximum absolute atomic E-state index is 14.9. The largest absolute Gasteiger partial charge is 0.379 e. The minimum atomic E-state index is -0.604. The molecule has 1 aliphatic heterocycles. The number of nitrogens with one attached hydrogen (secondary N) is 1. The van der Waals surface area contributed by atoms with Gasteiger partial charge >= 0.3 is 0 Å². The first-order valence-electron chi connectivity index (χ1n) is 10.6. The zero-order valence-corrected chi connectivity index (χ0v) is 18.0. The van der Waals surface area contributed by atoms with E-state index < -0.39 is 11.6 Å².